The minimum atomic E-state index is -0.274. The van der Waals surface area contributed by atoms with Crippen LogP contribution in [0.25, 0.3) is 0 Å². The van der Waals surface area contributed by atoms with Gasteiger partial charge in [-0.2, -0.15) is 5.10 Å². The number of hydrogen-bond donors (Lipinski definition) is 2. The summed E-state index contributed by atoms with van der Waals surface area (Å²) in [7, 11) is 0. The van der Waals surface area contributed by atoms with Gasteiger partial charge in [0.05, 0.1) is 6.21 Å². The van der Waals surface area contributed by atoms with E-state index >= 15 is 0 Å². The van der Waals surface area contributed by atoms with Crippen LogP contribution >= 0.6 is 11.3 Å². The fraction of sp³-hybridized carbons (Fsp3) is 0.235. The first kappa shape index (κ1) is 16.9. The molecule has 0 aliphatic heterocycles. The van der Waals surface area contributed by atoms with E-state index in [1.807, 2.05) is 49.4 Å². The maximum absolute atomic E-state index is 11.7. The highest BCUT2D eigenvalue weighted by molar-refractivity contribution is 7.13. The van der Waals surface area contributed by atoms with Gasteiger partial charge in [-0.3, -0.25) is 9.59 Å². The zero-order chi connectivity index (χ0) is 16.5. The van der Waals surface area contributed by atoms with Gasteiger partial charge >= 0.3 is 0 Å². The van der Waals surface area contributed by atoms with Crippen molar-refractivity contribution in [3.8, 4) is 0 Å². The summed E-state index contributed by atoms with van der Waals surface area (Å²) in [5, 5.41) is 6.66. The molecule has 23 heavy (non-hydrogen) atoms. The summed E-state index contributed by atoms with van der Waals surface area (Å²) in [6, 6.07) is 13.6. The number of thiophene rings is 1. The van der Waals surface area contributed by atoms with Crippen molar-refractivity contribution in [1.82, 2.24) is 10.7 Å². The van der Waals surface area contributed by atoms with Crippen LogP contribution in [-0.4, -0.2) is 18.0 Å². The van der Waals surface area contributed by atoms with E-state index in [2.05, 4.69) is 15.8 Å². The van der Waals surface area contributed by atoms with E-state index in [9.17, 15) is 9.59 Å². The molecule has 0 unspecified atom stereocenters. The van der Waals surface area contributed by atoms with Gasteiger partial charge in [0, 0.05) is 29.1 Å². The molecule has 1 aromatic carbocycles. The van der Waals surface area contributed by atoms with Crippen LogP contribution in [0.2, 0.25) is 0 Å². The Bertz CT molecular complexity index is 680. The van der Waals surface area contributed by atoms with Crippen LogP contribution in [0.5, 0.6) is 0 Å². The Morgan fingerprint density at radius 2 is 1.83 bits per heavy atom. The van der Waals surface area contributed by atoms with Gasteiger partial charge in [0.25, 0.3) is 0 Å². The number of aryl methyl sites for hydroxylation is 1. The molecule has 0 atom stereocenters. The van der Waals surface area contributed by atoms with Crippen LogP contribution in [0.3, 0.4) is 0 Å². The number of rotatable bonds is 7. The molecule has 2 N–H and O–H groups in total. The van der Waals surface area contributed by atoms with Crippen molar-refractivity contribution in [1.29, 1.82) is 0 Å². The van der Waals surface area contributed by atoms with Crippen LogP contribution in [-0.2, 0) is 16.1 Å². The number of amides is 2. The Labute approximate surface area is 139 Å². The molecule has 0 saturated carbocycles. The van der Waals surface area contributed by atoms with Crippen molar-refractivity contribution in [2.75, 3.05) is 0 Å². The quantitative estimate of drug-likeness (QED) is 0.605. The second kappa shape index (κ2) is 8.85. The fourth-order valence-corrected chi connectivity index (χ4v) is 2.61. The van der Waals surface area contributed by atoms with Crippen LogP contribution in [0.1, 0.15) is 28.2 Å². The average Bonchev–Trinajstić information content (AvgIpc) is 2.97. The van der Waals surface area contributed by atoms with Crippen molar-refractivity contribution in [2.45, 2.75) is 26.3 Å². The van der Waals surface area contributed by atoms with E-state index in [-0.39, 0.29) is 24.7 Å². The zero-order valence-corrected chi connectivity index (χ0v) is 13.7. The molecule has 6 heteroatoms. The first-order valence-corrected chi connectivity index (χ1v) is 8.14. The van der Waals surface area contributed by atoms with Gasteiger partial charge in [-0.25, -0.2) is 5.43 Å². The molecule has 5 nitrogen and oxygen atoms in total. The lowest BCUT2D eigenvalue weighted by molar-refractivity contribution is -0.126. The summed E-state index contributed by atoms with van der Waals surface area (Å²) in [5.41, 5.74) is 3.46. The lowest BCUT2D eigenvalue weighted by Gasteiger charge is -2.04. The highest BCUT2D eigenvalue weighted by atomic mass is 32.1. The normalized spacial score (nSPS) is 10.7. The summed E-state index contributed by atoms with van der Waals surface area (Å²) in [4.78, 5) is 25.5. The lowest BCUT2D eigenvalue weighted by Crippen LogP contribution is -2.25. The molecule has 2 aromatic rings. The number of carbonyl (C=O) groups is 2. The van der Waals surface area contributed by atoms with E-state index in [4.69, 9.17) is 0 Å². The lowest BCUT2D eigenvalue weighted by atomic mass is 10.2. The summed E-state index contributed by atoms with van der Waals surface area (Å²) in [5.74, 6) is -0.425. The molecule has 0 aliphatic carbocycles. The van der Waals surface area contributed by atoms with Crippen LogP contribution < -0.4 is 10.7 Å². The number of nitrogens with one attached hydrogen (secondary N) is 2. The van der Waals surface area contributed by atoms with Crippen LogP contribution in [0, 0.1) is 6.92 Å². The molecule has 0 radical (unpaired) electrons. The molecule has 0 saturated heterocycles. The zero-order valence-electron chi connectivity index (χ0n) is 12.9. The van der Waals surface area contributed by atoms with Gasteiger partial charge in [-0.1, -0.05) is 30.3 Å². The highest BCUT2D eigenvalue weighted by Crippen LogP contribution is 2.12. The van der Waals surface area contributed by atoms with Gasteiger partial charge in [0.1, 0.15) is 0 Å². The Morgan fingerprint density at radius 3 is 2.52 bits per heavy atom. The van der Waals surface area contributed by atoms with E-state index in [1.54, 1.807) is 17.6 Å². The van der Waals surface area contributed by atoms with Gasteiger partial charge < -0.3 is 5.32 Å². The summed E-state index contributed by atoms with van der Waals surface area (Å²) in [6.07, 6.45) is 1.86. The number of benzene rings is 1. The number of nitrogens with zero attached hydrogens (tertiary/aromatic N) is 1. The highest BCUT2D eigenvalue weighted by Gasteiger charge is 2.06. The molecule has 2 amide bonds. The minimum absolute atomic E-state index is 0.113. The second-order valence-corrected chi connectivity index (χ2v) is 6.32. The van der Waals surface area contributed by atoms with Crippen molar-refractivity contribution in [3.63, 3.8) is 0 Å². The first-order valence-electron chi connectivity index (χ1n) is 7.32. The minimum Gasteiger partial charge on any atom is -0.352 e. The summed E-state index contributed by atoms with van der Waals surface area (Å²) in [6.45, 7) is 2.48. The summed E-state index contributed by atoms with van der Waals surface area (Å²) >= 11 is 1.60. The van der Waals surface area contributed by atoms with Crippen molar-refractivity contribution < 1.29 is 9.59 Å². The van der Waals surface area contributed by atoms with Gasteiger partial charge in [0.15, 0.2) is 0 Å². The molecular formula is C17H19N3O2S. The molecule has 120 valence electrons. The van der Waals surface area contributed by atoms with Gasteiger partial charge in [-0.15, -0.1) is 11.3 Å². The number of carbonyl (C=O) groups excluding carboxylic acids is 2. The Morgan fingerprint density at radius 1 is 1.09 bits per heavy atom. The third-order valence-electron chi connectivity index (χ3n) is 3.05. The number of hydrazone groups is 1. The maximum Gasteiger partial charge on any atom is 0.240 e. The van der Waals surface area contributed by atoms with Crippen LogP contribution in [0.15, 0.2) is 47.6 Å². The third kappa shape index (κ3) is 6.44. The predicted molar refractivity (Wildman–Crippen MR) is 92.3 cm³/mol. The van der Waals surface area contributed by atoms with E-state index in [0.29, 0.717) is 6.54 Å². The molecule has 0 spiro atoms. The maximum atomic E-state index is 11.7. The predicted octanol–water partition coefficient (Wildman–Crippen LogP) is 2.60. The number of hydrogen-bond acceptors (Lipinski definition) is 4. The van der Waals surface area contributed by atoms with E-state index in [0.717, 1.165) is 10.4 Å². The summed E-state index contributed by atoms with van der Waals surface area (Å²) < 4.78 is 0. The topological polar surface area (TPSA) is 70.6 Å². The average molecular weight is 329 g/mol. The van der Waals surface area contributed by atoms with Gasteiger partial charge in [-0.05, 0) is 24.6 Å². The Balaban J connectivity index is 1.63. The molecule has 0 aliphatic rings. The fourth-order valence-electron chi connectivity index (χ4n) is 1.86. The molecular weight excluding hydrogens is 310 g/mol. The van der Waals surface area contributed by atoms with Crippen molar-refractivity contribution in [2.24, 2.45) is 5.10 Å². The van der Waals surface area contributed by atoms with Crippen molar-refractivity contribution in [3.05, 3.63) is 57.8 Å². The molecule has 0 fully saturated rings. The largest absolute Gasteiger partial charge is 0.352 e. The Hall–Kier alpha value is -2.47. The monoisotopic (exact) mass is 329 g/mol. The SMILES string of the molecule is Cc1ccc(/C=N/NC(=O)CCC(=O)NCc2ccccc2)s1. The molecule has 0 bridgehead atoms. The first-order chi connectivity index (χ1) is 11.1. The van der Waals surface area contributed by atoms with E-state index in [1.165, 1.54) is 4.88 Å². The third-order valence-corrected chi connectivity index (χ3v) is 3.99. The van der Waals surface area contributed by atoms with Crippen molar-refractivity contribution >= 4 is 29.4 Å². The van der Waals surface area contributed by atoms with Gasteiger partial charge in [0.2, 0.25) is 11.8 Å². The second-order valence-electron chi connectivity index (χ2n) is 5.00. The Kier molecular flexibility index (Phi) is 6.50. The smallest absolute Gasteiger partial charge is 0.240 e. The van der Waals surface area contributed by atoms with Crippen LogP contribution in [0.4, 0.5) is 0 Å². The molecule has 2 rings (SSSR count). The molecule has 1 heterocycles. The van der Waals surface area contributed by atoms with E-state index < -0.39 is 0 Å². The standard InChI is InChI=1S/C17H19N3O2S/c1-13-7-8-15(23-13)12-19-20-17(22)10-9-16(21)18-11-14-5-3-2-4-6-14/h2-8,12H,9-11H2,1H3,(H,18,21)(H,20,22)/b19-12+. The molecule has 1 aromatic heterocycles.